The highest BCUT2D eigenvalue weighted by atomic mass is 19.1. The minimum atomic E-state index is -0.283. The van der Waals surface area contributed by atoms with Crippen molar-refractivity contribution in [3.05, 3.63) is 35.6 Å². The third-order valence-corrected chi connectivity index (χ3v) is 3.94. The fourth-order valence-corrected chi connectivity index (χ4v) is 2.72. The molecule has 110 valence electrons. The number of nitrogens with one attached hydrogen (secondary N) is 2. The number of carbonyl (C=O) groups is 1. The zero-order valence-electron chi connectivity index (χ0n) is 12.2. The summed E-state index contributed by atoms with van der Waals surface area (Å²) in [6.07, 6.45) is 4.56. The number of hydrogen-bond acceptors (Lipinski definition) is 2. The molecular formula is C16H23FN2O. The van der Waals surface area contributed by atoms with Gasteiger partial charge in [-0.25, -0.2) is 4.39 Å². The van der Waals surface area contributed by atoms with Crippen LogP contribution in [0.15, 0.2) is 24.3 Å². The molecule has 0 radical (unpaired) electrons. The highest BCUT2D eigenvalue weighted by molar-refractivity contribution is 5.81. The summed E-state index contributed by atoms with van der Waals surface area (Å²) in [5.41, 5.74) is 0.852. The Morgan fingerprint density at radius 2 is 2.00 bits per heavy atom. The summed E-state index contributed by atoms with van der Waals surface area (Å²) in [6, 6.07) is 6.46. The molecule has 0 saturated heterocycles. The fraction of sp³-hybridized carbons (Fsp3) is 0.562. The van der Waals surface area contributed by atoms with Gasteiger partial charge in [0.2, 0.25) is 5.91 Å². The van der Waals surface area contributed by atoms with Crippen LogP contribution in [0.1, 0.15) is 51.1 Å². The maximum atomic E-state index is 13.2. The molecule has 0 bridgehead atoms. The van der Waals surface area contributed by atoms with Crippen LogP contribution in [0, 0.1) is 5.82 Å². The van der Waals surface area contributed by atoms with Gasteiger partial charge >= 0.3 is 0 Å². The first-order valence-electron chi connectivity index (χ1n) is 7.38. The minimum Gasteiger partial charge on any atom is -0.352 e. The van der Waals surface area contributed by atoms with E-state index in [0.29, 0.717) is 6.04 Å². The van der Waals surface area contributed by atoms with Crippen LogP contribution in [-0.2, 0) is 4.79 Å². The van der Waals surface area contributed by atoms with E-state index in [0.717, 1.165) is 18.4 Å². The van der Waals surface area contributed by atoms with Crippen molar-refractivity contribution in [3.8, 4) is 0 Å². The lowest BCUT2D eigenvalue weighted by atomic mass is 10.1. The van der Waals surface area contributed by atoms with E-state index in [1.807, 2.05) is 19.9 Å². The van der Waals surface area contributed by atoms with E-state index in [1.165, 1.54) is 25.0 Å². The Balaban J connectivity index is 1.86. The molecule has 0 heterocycles. The third-order valence-electron chi connectivity index (χ3n) is 3.94. The van der Waals surface area contributed by atoms with E-state index in [1.54, 1.807) is 6.07 Å². The molecule has 2 N–H and O–H groups in total. The van der Waals surface area contributed by atoms with Crippen LogP contribution in [0.25, 0.3) is 0 Å². The van der Waals surface area contributed by atoms with Crippen molar-refractivity contribution in [1.82, 2.24) is 10.6 Å². The van der Waals surface area contributed by atoms with E-state index in [9.17, 15) is 9.18 Å². The Morgan fingerprint density at radius 3 is 2.65 bits per heavy atom. The molecule has 2 rings (SSSR count). The van der Waals surface area contributed by atoms with Gasteiger partial charge in [-0.15, -0.1) is 0 Å². The van der Waals surface area contributed by atoms with Crippen molar-refractivity contribution < 1.29 is 9.18 Å². The monoisotopic (exact) mass is 278 g/mol. The largest absolute Gasteiger partial charge is 0.352 e. The number of carbonyl (C=O) groups excluding carboxylic acids is 1. The smallest absolute Gasteiger partial charge is 0.237 e. The third kappa shape index (κ3) is 4.04. The van der Waals surface area contributed by atoms with Crippen molar-refractivity contribution in [2.45, 2.75) is 57.7 Å². The second-order valence-electron chi connectivity index (χ2n) is 5.66. The Kier molecular flexibility index (Phi) is 5.12. The number of amides is 1. The van der Waals surface area contributed by atoms with Gasteiger partial charge in [-0.05, 0) is 44.4 Å². The molecule has 1 fully saturated rings. The van der Waals surface area contributed by atoms with Crippen molar-refractivity contribution in [3.63, 3.8) is 0 Å². The first kappa shape index (κ1) is 15.0. The first-order chi connectivity index (χ1) is 9.56. The number of benzene rings is 1. The molecule has 1 unspecified atom stereocenters. The maximum absolute atomic E-state index is 13.2. The zero-order valence-corrected chi connectivity index (χ0v) is 12.2. The van der Waals surface area contributed by atoms with E-state index < -0.39 is 0 Å². The van der Waals surface area contributed by atoms with Crippen LogP contribution in [0.5, 0.6) is 0 Å². The second-order valence-corrected chi connectivity index (χ2v) is 5.66. The van der Waals surface area contributed by atoms with Crippen molar-refractivity contribution in [2.24, 2.45) is 0 Å². The highest BCUT2D eigenvalue weighted by Gasteiger charge is 2.21. The highest BCUT2D eigenvalue weighted by Crippen LogP contribution is 2.18. The van der Waals surface area contributed by atoms with Gasteiger partial charge in [0.15, 0.2) is 0 Å². The van der Waals surface area contributed by atoms with Gasteiger partial charge < -0.3 is 5.32 Å². The van der Waals surface area contributed by atoms with E-state index in [4.69, 9.17) is 0 Å². The lowest BCUT2D eigenvalue weighted by Crippen LogP contribution is -2.46. The van der Waals surface area contributed by atoms with Crippen LogP contribution >= 0.6 is 0 Å². The van der Waals surface area contributed by atoms with Crippen molar-refractivity contribution in [2.75, 3.05) is 0 Å². The summed E-state index contributed by atoms with van der Waals surface area (Å²) >= 11 is 0. The molecule has 1 aromatic carbocycles. The molecule has 0 spiro atoms. The van der Waals surface area contributed by atoms with E-state index >= 15 is 0 Å². The molecule has 0 aromatic heterocycles. The molecule has 1 saturated carbocycles. The molecular weight excluding hydrogens is 255 g/mol. The topological polar surface area (TPSA) is 41.1 Å². The van der Waals surface area contributed by atoms with Gasteiger partial charge in [0.25, 0.3) is 0 Å². The minimum absolute atomic E-state index is 0.0279. The lowest BCUT2D eigenvalue weighted by molar-refractivity contribution is -0.123. The normalized spacial score (nSPS) is 18.8. The van der Waals surface area contributed by atoms with Gasteiger partial charge in [-0.2, -0.15) is 0 Å². The molecule has 1 aliphatic rings. The maximum Gasteiger partial charge on any atom is 0.237 e. The zero-order chi connectivity index (χ0) is 14.5. The molecule has 1 amide bonds. The second kappa shape index (κ2) is 6.84. The van der Waals surface area contributed by atoms with Gasteiger partial charge in [-0.1, -0.05) is 25.0 Å². The molecule has 1 aromatic rings. The van der Waals surface area contributed by atoms with Gasteiger partial charge in [0.05, 0.1) is 6.04 Å². The van der Waals surface area contributed by atoms with E-state index in [-0.39, 0.29) is 23.8 Å². The van der Waals surface area contributed by atoms with Crippen LogP contribution < -0.4 is 10.6 Å². The van der Waals surface area contributed by atoms with Crippen LogP contribution in [0.2, 0.25) is 0 Å². The Morgan fingerprint density at radius 1 is 1.30 bits per heavy atom. The average molecular weight is 278 g/mol. The number of halogens is 1. The molecule has 0 aliphatic heterocycles. The molecule has 4 heteroatoms. The Bertz CT molecular complexity index is 458. The van der Waals surface area contributed by atoms with Crippen molar-refractivity contribution in [1.29, 1.82) is 0 Å². The molecule has 1 aliphatic carbocycles. The lowest BCUT2D eigenvalue weighted by Gasteiger charge is -2.22. The Labute approximate surface area is 120 Å². The summed E-state index contributed by atoms with van der Waals surface area (Å²) in [6.45, 7) is 3.79. The summed E-state index contributed by atoms with van der Waals surface area (Å²) in [5.74, 6) is -0.223. The quantitative estimate of drug-likeness (QED) is 0.869. The first-order valence-corrected chi connectivity index (χ1v) is 7.38. The van der Waals surface area contributed by atoms with Crippen LogP contribution in [-0.4, -0.2) is 18.0 Å². The SMILES string of the molecule is CC(N[C@@H](C)c1cccc(F)c1)C(=O)NC1CCCC1. The van der Waals surface area contributed by atoms with E-state index in [2.05, 4.69) is 10.6 Å². The summed E-state index contributed by atoms with van der Waals surface area (Å²) in [7, 11) is 0. The molecule has 20 heavy (non-hydrogen) atoms. The van der Waals surface area contributed by atoms with Gasteiger partial charge in [-0.3, -0.25) is 10.1 Å². The molecule has 3 nitrogen and oxygen atoms in total. The van der Waals surface area contributed by atoms with Crippen LogP contribution in [0.4, 0.5) is 4.39 Å². The summed E-state index contributed by atoms with van der Waals surface area (Å²) in [4.78, 5) is 12.1. The summed E-state index contributed by atoms with van der Waals surface area (Å²) < 4.78 is 13.2. The fourth-order valence-electron chi connectivity index (χ4n) is 2.72. The summed E-state index contributed by atoms with van der Waals surface area (Å²) in [5, 5.41) is 6.29. The standard InChI is InChI=1S/C16H23FN2O/c1-11(13-6-5-7-14(17)10-13)18-12(2)16(20)19-15-8-3-4-9-15/h5-7,10-12,15,18H,3-4,8-9H2,1-2H3,(H,19,20)/t11-,12?/m0/s1. The Hall–Kier alpha value is -1.42. The molecule has 2 atom stereocenters. The average Bonchev–Trinajstić information content (AvgIpc) is 2.91. The van der Waals surface area contributed by atoms with Crippen LogP contribution in [0.3, 0.4) is 0 Å². The predicted molar refractivity (Wildman–Crippen MR) is 77.8 cm³/mol. The van der Waals surface area contributed by atoms with Crippen molar-refractivity contribution >= 4 is 5.91 Å². The number of rotatable bonds is 5. The van der Waals surface area contributed by atoms with Gasteiger partial charge in [0.1, 0.15) is 5.82 Å². The predicted octanol–water partition coefficient (Wildman–Crippen LogP) is 2.92. The van der Waals surface area contributed by atoms with Gasteiger partial charge in [0, 0.05) is 12.1 Å². The number of hydrogen-bond donors (Lipinski definition) is 2.